The maximum Gasteiger partial charge on any atom is 0.351 e. The molecule has 0 radical (unpaired) electrons. The molecule has 0 spiro atoms. The number of hydrogen-bond acceptors (Lipinski definition) is 6. The van der Waals surface area contributed by atoms with Gasteiger partial charge < -0.3 is 19.7 Å². The number of benzene rings is 2. The summed E-state index contributed by atoms with van der Waals surface area (Å²) in [4.78, 5) is 25.2. The predicted molar refractivity (Wildman–Crippen MR) is 86.0 cm³/mol. The largest absolute Gasteiger partial charge is 0.508 e. The number of carbonyl (C=O) groups excluding carboxylic acids is 2. The van der Waals surface area contributed by atoms with Crippen LogP contribution >= 0.6 is 0 Å². The van der Waals surface area contributed by atoms with E-state index in [1.54, 1.807) is 25.1 Å². The summed E-state index contributed by atoms with van der Waals surface area (Å²) in [6.07, 6.45) is 0. The van der Waals surface area contributed by atoms with Crippen molar-refractivity contribution in [2.75, 3.05) is 13.7 Å². The van der Waals surface area contributed by atoms with Gasteiger partial charge in [-0.2, -0.15) is 0 Å². The molecule has 0 aliphatic heterocycles. The van der Waals surface area contributed by atoms with Crippen LogP contribution in [0.15, 0.2) is 48.5 Å². The second-order valence-corrected chi connectivity index (χ2v) is 5.05. The van der Waals surface area contributed by atoms with E-state index in [2.05, 4.69) is 0 Å². The van der Waals surface area contributed by atoms with Gasteiger partial charge in [-0.05, 0) is 19.1 Å². The maximum atomic E-state index is 12.8. The summed E-state index contributed by atoms with van der Waals surface area (Å²) in [5, 5.41) is 20.8. The van der Waals surface area contributed by atoms with Crippen LogP contribution in [0.3, 0.4) is 0 Å². The molecule has 0 saturated carbocycles. The fourth-order valence-electron chi connectivity index (χ4n) is 2.29. The summed E-state index contributed by atoms with van der Waals surface area (Å²) < 4.78 is 9.91. The molecule has 0 heterocycles. The predicted octanol–water partition coefficient (Wildman–Crippen LogP) is 2.03. The van der Waals surface area contributed by atoms with Gasteiger partial charge in [0.05, 0.1) is 13.7 Å². The van der Waals surface area contributed by atoms with Crippen molar-refractivity contribution in [3.05, 3.63) is 59.7 Å². The number of ketones is 1. The summed E-state index contributed by atoms with van der Waals surface area (Å²) in [5.41, 5.74) is -2.59. The molecule has 0 amide bonds. The number of hydrogen-bond donors (Lipinski definition) is 2. The average molecular weight is 330 g/mol. The number of aliphatic hydroxyl groups is 1. The molecule has 126 valence electrons. The van der Waals surface area contributed by atoms with Crippen LogP contribution in [0.25, 0.3) is 0 Å². The Labute approximate surface area is 139 Å². The van der Waals surface area contributed by atoms with Crippen molar-refractivity contribution in [3.63, 3.8) is 0 Å². The van der Waals surface area contributed by atoms with Gasteiger partial charge in [-0.1, -0.05) is 30.3 Å². The minimum absolute atomic E-state index is 0.0147. The molecule has 0 aromatic heterocycles. The van der Waals surface area contributed by atoms with Gasteiger partial charge in [0, 0.05) is 17.2 Å². The summed E-state index contributed by atoms with van der Waals surface area (Å²) >= 11 is 0. The normalized spacial score (nSPS) is 13.0. The molecule has 0 aliphatic carbocycles. The first-order valence-corrected chi connectivity index (χ1v) is 7.31. The van der Waals surface area contributed by atoms with Gasteiger partial charge >= 0.3 is 5.97 Å². The molecule has 1 atom stereocenters. The van der Waals surface area contributed by atoms with Crippen LogP contribution in [0.5, 0.6) is 11.5 Å². The van der Waals surface area contributed by atoms with Gasteiger partial charge in [0.1, 0.15) is 11.5 Å². The van der Waals surface area contributed by atoms with Gasteiger partial charge in [0.25, 0.3) is 5.60 Å². The SMILES string of the molecule is CCOC(=O)[C@@](O)(C(=O)c1ccccc1)c1cc(O)cc(OC)c1. The first-order chi connectivity index (χ1) is 11.4. The van der Waals surface area contributed by atoms with E-state index in [1.807, 2.05) is 0 Å². The number of phenols is 1. The third-order valence-electron chi connectivity index (χ3n) is 3.48. The average Bonchev–Trinajstić information content (AvgIpc) is 2.60. The van der Waals surface area contributed by atoms with Gasteiger partial charge in [-0.25, -0.2) is 4.79 Å². The number of esters is 1. The van der Waals surface area contributed by atoms with Gasteiger partial charge in [-0.3, -0.25) is 4.79 Å². The lowest BCUT2D eigenvalue weighted by molar-refractivity contribution is -0.160. The number of ether oxygens (including phenoxy) is 2. The second kappa shape index (κ2) is 7.14. The van der Waals surface area contributed by atoms with E-state index in [0.717, 1.165) is 6.07 Å². The van der Waals surface area contributed by atoms with Crippen molar-refractivity contribution in [3.8, 4) is 11.5 Å². The molecule has 0 fully saturated rings. The van der Waals surface area contributed by atoms with Crippen LogP contribution in [0.4, 0.5) is 0 Å². The number of carbonyl (C=O) groups is 2. The molecule has 24 heavy (non-hydrogen) atoms. The van der Waals surface area contributed by atoms with Crippen molar-refractivity contribution < 1.29 is 29.3 Å². The van der Waals surface area contributed by atoms with E-state index in [9.17, 15) is 19.8 Å². The highest BCUT2D eigenvalue weighted by molar-refractivity contribution is 6.15. The van der Waals surface area contributed by atoms with Crippen LogP contribution in [0.2, 0.25) is 0 Å². The van der Waals surface area contributed by atoms with E-state index >= 15 is 0 Å². The summed E-state index contributed by atoms with van der Waals surface area (Å²) in [7, 11) is 1.36. The van der Waals surface area contributed by atoms with Crippen molar-refractivity contribution in [1.82, 2.24) is 0 Å². The van der Waals surface area contributed by atoms with Crippen LogP contribution in [0.1, 0.15) is 22.8 Å². The second-order valence-electron chi connectivity index (χ2n) is 5.05. The highest BCUT2D eigenvalue weighted by atomic mass is 16.5. The minimum Gasteiger partial charge on any atom is -0.508 e. The fourth-order valence-corrected chi connectivity index (χ4v) is 2.29. The van der Waals surface area contributed by atoms with E-state index in [-0.39, 0.29) is 29.2 Å². The topological polar surface area (TPSA) is 93.1 Å². The molecule has 6 heteroatoms. The Morgan fingerprint density at radius 1 is 1.12 bits per heavy atom. The monoisotopic (exact) mass is 330 g/mol. The summed E-state index contributed by atoms with van der Waals surface area (Å²) in [6, 6.07) is 11.6. The fraction of sp³-hybridized carbons (Fsp3) is 0.222. The van der Waals surface area contributed by atoms with Crippen molar-refractivity contribution >= 4 is 11.8 Å². The number of methoxy groups -OCH3 is 1. The first kappa shape index (κ1) is 17.5. The Morgan fingerprint density at radius 2 is 1.79 bits per heavy atom. The number of phenolic OH excluding ortho intramolecular Hbond substituents is 1. The van der Waals surface area contributed by atoms with E-state index in [1.165, 1.54) is 31.4 Å². The molecule has 0 unspecified atom stereocenters. The zero-order valence-electron chi connectivity index (χ0n) is 13.4. The third kappa shape index (κ3) is 3.23. The van der Waals surface area contributed by atoms with E-state index < -0.39 is 17.4 Å². The minimum atomic E-state index is -2.59. The lowest BCUT2D eigenvalue weighted by Crippen LogP contribution is -2.45. The maximum absolute atomic E-state index is 12.8. The standard InChI is InChI=1S/C18H18O6/c1-3-24-17(21)18(22,16(20)12-7-5-4-6-8-12)13-9-14(19)11-15(10-13)23-2/h4-11,19,22H,3H2,1-2H3/t18-/m0/s1. The number of aromatic hydroxyl groups is 1. The zero-order valence-corrected chi connectivity index (χ0v) is 13.4. The van der Waals surface area contributed by atoms with Gasteiger partial charge in [-0.15, -0.1) is 0 Å². The smallest absolute Gasteiger partial charge is 0.351 e. The molecular formula is C18H18O6. The number of rotatable bonds is 6. The summed E-state index contributed by atoms with van der Waals surface area (Å²) in [6.45, 7) is 1.55. The Morgan fingerprint density at radius 3 is 2.38 bits per heavy atom. The Hall–Kier alpha value is -2.86. The number of Topliss-reactive ketones (excluding diaryl/α,β-unsaturated/α-hetero) is 1. The Kier molecular flexibility index (Phi) is 5.21. The molecular weight excluding hydrogens is 312 g/mol. The van der Waals surface area contributed by atoms with Gasteiger partial charge in [0.15, 0.2) is 0 Å². The molecule has 2 N–H and O–H groups in total. The first-order valence-electron chi connectivity index (χ1n) is 7.31. The van der Waals surface area contributed by atoms with E-state index in [4.69, 9.17) is 9.47 Å². The van der Waals surface area contributed by atoms with Crippen molar-refractivity contribution in [2.45, 2.75) is 12.5 Å². The van der Waals surface area contributed by atoms with Crippen LogP contribution < -0.4 is 4.74 Å². The highest BCUT2D eigenvalue weighted by Crippen LogP contribution is 2.33. The highest BCUT2D eigenvalue weighted by Gasteiger charge is 2.48. The third-order valence-corrected chi connectivity index (χ3v) is 3.48. The Bertz CT molecular complexity index is 740. The van der Waals surface area contributed by atoms with Crippen LogP contribution in [0, 0.1) is 0 Å². The molecule has 2 aromatic rings. The lowest BCUT2D eigenvalue weighted by Gasteiger charge is -2.25. The van der Waals surface area contributed by atoms with E-state index in [0.29, 0.717) is 0 Å². The molecule has 0 aliphatic rings. The molecule has 6 nitrogen and oxygen atoms in total. The van der Waals surface area contributed by atoms with Crippen molar-refractivity contribution in [1.29, 1.82) is 0 Å². The summed E-state index contributed by atoms with van der Waals surface area (Å²) in [5.74, 6) is -2.04. The molecule has 0 bridgehead atoms. The quantitative estimate of drug-likeness (QED) is 0.478. The lowest BCUT2D eigenvalue weighted by atomic mass is 9.85. The van der Waals surface area contributed by atoms with Crippen LogP contribution in [-0.4, -0.2) is 35.7 Å². The Balaban J connectivity index is 2.62. The molecule has 0 saturated heterocycles. The van der Waals surface area contributed by atoms with Crippen molar-refractivity contribution in [2.24, 2.45) is 0 Å². The zero-order chi connectivity index (χ0) is 17.7. The van der Waals surface area contributed by atoms with Crippen LogP contribution in [-0.2, 0) is 15.1 Å². The molecule has 2 rings (SSSR count). The van der Waals surface area contributed by atoms with Gasteiger partial charge in [0.2, 0.25) is 5.78 Å². The molecule has 2 aromatic carbocycles.